The Hall–Kier alpha value is -1.63. The zero-order valence-corrected chi connectivity index (χ0v) is 21.7. The number of esters is 3. The minimum Gasteiger partial charge on any atom is -0.462 e. The highest BCUT2D eigenvalue weighted by atomic mass is 16.6. The topological polar surface area (TPSA) is 82.1 Å². The number of piperidine rings is 1. The lowest BCUT2D eigenvalue weighted by Gasteiger charge is -2.53. The Morgan fingerprint density at radius 3 is 1.97 bits per heavy atom. The van der Waals surface area contributed by atoms with Crippen molar-refractivity contribution in [2.45, 2.75) is 111 Å². The first kappa shape index (κ1) is 28.4. The zero-order valence-electron chi connectivity index (χ0n) is 21.7. The molecule has 7 heteroatoms. The second-order valence-corrected chi connectivity index (χ2v) is 10.9. The zero-order chi connectivity index (χ0) is 24.7. The highest BCUT2D eigenvalue weighted by molar-refractivity contribution is 5.78. The van der Waals surface area contributed by atoms with Crippen LogP contribution in [0.15, 0.2) is 0 Å². The van der Waals surface area contributed by atoms with Gasteiger partial charge in [0.15, 0.2) is 0 Å². The fourth-order valence-corrected chi connectivity index (χ4v) is 4.48. The van der Waals surface area contributed by atoms with Crippen molar-refractivity contribution in [3.63, 3.8) is 0 Å². The molecule has 1 heterocycles. The predicted octanol–water partition coefficient (Wildman–Crippen LogP) is 4.51. The molecule has 1 fully saturated rings. The van der Waals surface area contributed by atoms with E-state index in [1.165, 1.54) is 0 Å². The number of hydrogen-bond donors (Lipinski definition) is 0. The molecule has 0 aliphatic carbocycles. The van der Waals surface area contributed by atoms with Gasteiger partial charge in [0, 0.05) is 23.9 Å². The first-order valence-corrected chi connectivity index (χ1v) is 11.9. The molecule has 0 saturated carbocycles. The molecule has 0 radical (unpaired) electrons. The van der Waals surface area contributed by atoms with E-state index in [9.17, 15) is 14.4 Å². The van der Waals surface area contributed by atoms with Crippen molar-refractivity contribution < 1.29 is 28.6 Å². The summed E-state index contributed by atoms with van der Waals surface area (Å²) in [5.74, 6) is -0.994. The molecule has 0 aromatic rings. The van der Waals surface area contributed by atoms with Crippen molar-refractivity contribution in [3.8, 4) is 0 Å². The summed E-state index contributed by atoms with van der Waals surface area (Å²) < 4.78 is 16.1. The second-order valence-electron chi connectivity index (χ2n) is 10.9. The van der Waals surface area contributed by atoms with Crippen LogP contribution in [0, 0.1) is 11.3 Å². The molecule has 32 heavy (non-hydrogen) atoms. The Morgan fingerprint density at radius 2 is 1.47 bits per heavy atom. The lowest BCUT2D eigenvalue weighted by Crippen LogP contribution is -2.60. The van der Waals surface area contributed by atoms with Crippen molar-refractivity contribution in [1.29, 1.82) is 0 Å². The van der Waals surface area contributed by atoms with Crippen LogP contribution in [0.1, 0.15) is 93.9 Å². The molecule has 1 atom stereocenters. The Bertz CT molecular complexity index is 639. The average molecular weight is 456 g/mol. The molecule has 1 saturated heterocycles. The summed E-state index contributed by atoms with van der Waals surface area (Å²) in [6, 6.07) is 0. The van der Waals surface area contributed by atoms with Crippen LogP contribution in [0.2, 0.25) is 0 Å². The number of nitrogens with zero attached hydrogens (tertiary/aromatic N) is 1. The third-order valence-corrected chi connectivity index (χ3v) is 7.19. The quantitative estimate of drug-likeness (QED) is 0.257. The van der Waals surface area contributed by atoms with E-state index in [1.54, 1.807) is 0 Å². The number of hydrogen-bond acceptors (Lipinski definition) is 7. The molecule has 1 aliphatic rings. The summed E-state index contributed by atoms with van der Waals surface area (Å²) >= 11 is 0. The van der Waals surface area contributed by atoms with Crippen LogP contribution < -0.4 is 0 Å². The summed E-state index contributed by atoms with van der Waals surface area (Å²) in [5.41, 5.74) is -0.697. The molecule has 1 unspecified atom stereocenters. The first-order chi connectivity index (χ1) is 14.7. The van der Waals surface area contributed by atoms with E-state index in [4.69, 9.17) is 14.2 Å². The van der Waals surface area contributed by atoms with Gasteiger partial charge in [-0.1, -0.05) is 27.2 Å². The van der Waals surface area contributed by atoms with Gasteiger partial charge in [0.1, 0.15) is 19.3 Å². The predicted molar refractivity (Wildman–Crippen MR) is 124 cm³/mol. The molecule has 0 aromatic carbocycles. The van der Waals surface area contributed by atoms with Gasteiger partial charge >= 0.3 is 17.9 Å². The minimum atomic E-state index is -0.542. The molecule has 0 spiro atoms. The van der Waals surface area contributed by atoms with E-state index in [0.717, 1.165) is 25.7 Å². The van der Waals surface area contributed by atoms with E-state index in [2.05, 4.69) is 39.6 Å². The second kappa shape index (κ2) is 11.5. The van der Waals surface area contributed by atoms with Crippen molar-refractivity contribution in [2.75, 3.05) is 20.3 Å². The van der Waals surface area contributed by atoms with Gasteiger partial charge in [0.2, 0.25) is 0 Å². The Kier molecular flexibility index (Phi) is 10.2. The Balaban J connectivity index is 2.35. The molecule has 186 valence electrons. The van der Waals surface area contributed by atoms with Crippen molar-refractivity contribution in [1.82, 2.24) is 4.90 Å². The highest BCUT2D eigenvalue weighted by Gasteiger charge is 2.44. The summed E-state index contributed by atoms with van der Waals surface area (Å²) in [7, 11) is 2.10. The maximum absolute atomic E-state index is 12.4. The average Bonchev–Trinajstić information content (AvgIpc) is 2.67. The van der Waals surface area contributed by atoms with Crippen molar-refractivity contribution in [2.24, 2.45) is 11.3 Å². The summed E-state index contributed by atoms with van der Waals surface area (Å²) in [6.45, 7) is 16.5. The van der Waals surface area contributed by atoms with Gasteiger partial charge in [0.05, 0.1) is 18.3 Å². The van der Waals surface area contributed by atoms with Gasteiger partial charge in [-0.15, -0.1) is 0 Å². The van der Waals surface area contributed by atoms with Gasteiger partial charge in [-0.2, -0.15) is 0 Å². The molecule has 1 rings (SSSR count). The largest absolute Gasteiger partial charge is 0.462 e. The van der Waals surface area contributed by atoms with E-state index in [-0.39, 0.29) is 61.1 Å². The monoisotopic (exact) mass is 455 g/mol. The van der Waals surface area contributed by atoms with Crippen LogP contribution in [-0.4, -0.2) is 60.3 Å². The lowest BCUT2D eigenvalue weighted by molar-refractivity contribution is -0.164. The number of carbonyl (C=O) groups excluding carboxylic acids is 3. The van der Waals surface area contributed by atoms with E-state index in [1.807, 2.05) is 27.7 Å². The molecule has 7 nitrogen and oxygen atoms in total. The fraction of sp³-hybridized carbons (Fsp3) is 0.880. The summed E-state index contributed by atoms with van der Waals surface area (Å²) in [6.07, 6.45) is 2.90. The SMILES string of the molecule is CCCC(C)(C(=O)OCCOC(=O)CCC(=O)OC1CC(C)(C)N(C)C(C)(C)C1)C(C)C. The van der Waals surface area contributed by atoms with Crippen LogP contribution in [0.5, 0.6) is 0 Å². The van der Waals surface area contributed by atoms with Gasteiger partial charge in [-0.05, 0) is 54.0 Å². The van der Waals surface area contributed by atoms with Crippen LogP contribution in [0.3, 0.4) is 0 Å². The Morgan fingerprint density at radius 1 is 0.969 bits per heavy atom. The molecule has 0 N–H and O–H groups in total. The van der Waals surface area contributed by atoms with E-state index < -0.39 is 11.4 Å². The lowest BCUT2D eigenvalue weighted by atomic mass is 9.75. The van der Waals surface area contributed by atoms with Crippen molar-refractivity contribution >= 4 is 17.9 Å². The Labute approximate surface area is 194 Å². The third-order valence-electron chi connectivity index (χ3n) is 7.19. The molecule has 1 aliphatic heterocycles. The molecule has 0 aromatic heterocycles. The van der Waals surface area contributed by atoms with Crippen LogP contribution in [0.25, 0.3) is 0 Å². The van der Waals surface area contributed by atoms with Crippen LogP contribution >= 0.6 is 0 Å². The number of likely N-dealkylation sites (tertiary alicyclic amines) is 1. The highest BCUT2D eigenvalue weighted by Crippen LogP contribution is 2.38. The number of ether oxygens (including phenoxy) is 3. The number of carbonyl (C=O) groups is 3. The van der Waals surface area contributed by atoms with Crippen LogP contribution in [-0.2, 0) is 28.6 Å². The minimum absolute atomic E-state index is 0.0147. The maximum Gasteiger partial charge on any atom is 0.312 e. The summed E-state index contributed by atoms with van der Waals surface area (Å²) in [5, 5.41) is 0. The summed E-state index contributed by atoms with van der Waals surface area (Å²) in [4.78, 5) is 39.0. The fourth-order valence-electron chi connectivity index (χ4n) is 4.48. The molecular formula is C25H45NO6. The van der Waals surface area contributed by atoms with Gasteiger partial charge < -0.3 is 14.2 Å². The molecular weight excluding hydrogens is 410 g/mol. The number of rotatable bonds is 11. The van der Waals surface area contributed by atoms with Gasteiger partial charge in [-0.3, -0.25) is 19.3 Å². The third kappa shape index (κ3) is 7.75. The van der Waals surface area contributed by atoms with Crippen molar-refractivity contribution in [3.05, 3.63) is 0 Å². The van der Waals surface area contributed by atoms with E-state index >= 15 is 0 Å². The van der Waals surface area contributed by atoms with E-state index in [0.29, 0.717) is 0 Å². The van der Waals surface area contributed by atoms with Crippen LogP contribution in [0.4, 0.5) is 0 Å². The first-order valence-electron chi connectivity index (χ1n) is 11.9. The van der Waals surface area contributed by atoms with Gasteiger partial charge in [0.25, 0.3) is 0 Å². The standard InChI is InChI=1S/C25H45NO6/c1-10-13-25(8,18(2)3)22(29)31-15-14-30-20(27)11-12-21(28)32-19-16-23(4,5)26(9)24(6,7)17-19/h18-19H,10-17H2,1-9H3. The normalized spacial score (nSPS) is 20.4. The molecule has 0 bridgehead atoms. The van der Waals surface area contributed by atoms with Gasteiger partial charge in [-0.25, -0.2) is 0 Å². The molecule has 0 amide bonds. The maximum atomic E-state index is 12.4. The smallest absolute Gasteiger partial charge is 0.312 e.